The highest BCUT2D eigenvalue weighted by molar-refractivity contribution is 5.30. The third-order valence-corrected chi connectivity index (χ3v) is 4.30. The molecule has 0 bridgehead atoms. The molecule has 3 rings (SSSR count). The molecule has 1 aromatic heterocycles. The van der Waals surface area contributed by atoms with E-state index in [9.17, 15) is 0 Å². The van der Waals surface area contributed by atoms with Gasteiger partial charge in [-0.15, -0.1) is 0 Å². The Morgan fingerprint density at radius 2 is 2.17 bits per heavy atom. The van der Waals surface area contributed by atoms with Gasteiger partial charge < -0.3 is 14.8 Å². The van der Waals surface area contributed by atoms with Crippen molar-refractivity contribution in [3.63, 3.8) is 0 Å². The van der Waals surface area contributed by atoms with Crippen molar-refractivity contribution in [2.24, 2.45) is 0 Å². The lowest BCUT2D eigenvalue weighted by atomic mass is 9.87. The van der Waals surface area contributed by atoms with E-state index in [1.54, 1.807) is 19.8 Å². The number of aromatic nitrogens is 3. The maximum absolute atomic E-state index is 6.15. The van der Waals surface area contributed by atoms with Crippen LogP contribution in [0.5, 0.6) is 5.75 Å². The van der Waals surface area contributed by atoms with E-state index in [1.165, 1.54) is 5.56 Å². The van der Waals surface area contributed by atoms with Gasteiger partial charge in [-0.2, -0.15) is 5.10 Å². The van der Waals surface area contributed by atoms with Gasteiger partial charge in [0.25, 0.3) is 0 Å². The summed E-state index contributed by atoms with van der Waals surface area (Å²) in [7, 11) is 1.70. The van der Waals surface area contributed by atoms with Crippen LogP contribution < -0.4 is 10.1 Å². The van der Waals surface area contributed by atoms with Crippen molar-refractivity contribution in [3.8, 4) is 5.75 Å². The Hall–Kier alpha value is -1.92. The summed E-state index contributed by atoms with van der Waals surface area (Å²) in [5.74, 6) is 1.33. The van der Waals surface area contributed by atoms with Crippen LogP contribution in [0.3, 0.4) is 0 Å². The summed E-state index contributed by atoms with van der Waals surface area (Å²) in [6.07, 6.45) is 5.55. The molecule has 1 fully saturated rings. The molecule has 0 amide bonds. The average molecular weight is 316 g/mol. The van der Waals surface area contributed by atoms with Crippen LogP contribution in [0, 0.1) is 0 Å². The van der Waals surface area contributed by atoms with Gasteiger partial charge in [0.1, 0.15) is 18.4 Å². The van der Waals surface area contributed by atoms with Crippen LogP contribution in [0.15, 0.2) is 36.9 Å². The Labute approximate surface area is 136 Å². The summed E-state index contributed by atoms with van der Waals surface area (Å²) in [4.78, 5) is 3.95. The Bertz CT molecular complexity index is 571. The lowest BCUT2D eigenvalue weighted by molar-refractivity contribution is 0.0190. The molecule has 1 saturated heterocycles. The van der Waals surface area contributed by atoms with E-state index < -0.39 is 0 Å². The van der Waals surface area contributed by atoms with Crippen molar-refractivity contribution in [2.75, 3.05) is 26.8 Å². The second kappa shape index (κ2) is 8.08. The summed E-state index contributed by atoms with van der Waals surface area (Å²) in [6, 6.07) is 8.36. The summed E-state index contributed by atoms with van der Waals surface area (Å²) in [6.45, 7) is 3.52. The van der Waals surface area contributed by atoms with E-state index in [1.807, 2.05) is 16.8 Å². The first-order valence-electron chi connectivity index (χ1n) is 8.15. The molecular weight excluding hydrogens is 292 g/mol. The number of nitrogens with one attached hydrogen (secondary N) is 1. The predicted octanol–water partition coefficient (Wildman–Crippen LogP) is 1.84. The minimum Gasteiger partial charge on any atom is -0.497 e. The largest absolute Gasteiger partial charge is 0.497 e. The summed E-state index contributed by atoms with van der Waals surface area (Å²) in [5, 5.41) is 7.54. The van der Waals surface area contributed by atoms with Crippen molar-refractivity contribution < 1.29 is 9.47 Å². The number of methoxy groups -OCH3 is 1. The molecule has 1 aliphatic rings. The molecule has 1 aromatic carbocycles. The Balaban J connectivity index is 1.53. The molecule has 0 aliphatic carbocycles. The first kappa shape index (κ1) is 16.0. The monoisotopic (exact) mass is 316 g/mol. The maximum Gasteiger partial charge on any atom is 0.137 e. The molecular formula is C17H24N4O2. The van der Waals surface area contributed by atoms with Gasteiger partial charge in [0.15, 0.2) is 0 Å². The van der Waals surface area contributed by atoms with Crippen molar-refractivity contribution in [1.82, 2.24) is 20.1 Å². The molecule has 124 valence electrons. The van der Waals surface area contributed by atoms with Gasteiger partial charge >= 0.3 is 0 Å². The number of hydrogen-bond acceptors (Lipinski definition) is 5. The molecule has 0 saturated carbocycles. The van der Waals surface area contributed by atoms with E-state index in [-0.39, 0.29) is 6.10 Å². The van der Waals surface area contributed by atoms with Gasteiger partial charge in [-0.1, -0.05) is 12.1 Å². The Morgan fingerprint density at radius 1 is 1.30 bits per heavy atom. The van der Waals surface area contributed by atoms with Crippen LogP contribution in [0.25, 0.3) is 0 Å². The van der Waals surface area contributed by atoms with Gasteiger partial charge in [0, 0.05) is 25.6 Å². The minimum absolute atomic E-state index is 0.216. The van der Waals surface area contributed by atoms with Gasteiger partial charge in [0.05, 0.1) is 13.2 Å². The molecule has 2 unspecified atom stereocenters. The van der Waals surface area contributed by atoms with Gasteiger partial charge in [-0.05, 0) is 37.1 Å². The lowest BCUT2D eigenvalue weighted by Gasteiger charge is -2.32. The fourth-order valence-electron chi connectivity index (χ4n) is 3.05. The number of aryl methyl sites for hydroxylation is 1. The van der Waals surface area contributed by atoms with Crippen LogP contribution in [-0.2, 0) is 11.3 Å². The van der Waals surface area contributed by atoms with Gasteiger partial charge in [-0.25, -0.2) is 4.98 Å². The number of nitrogens with zero attached hydrogens (tertiary/aromatic N) is 3. The van der Waals surface area contributed by atoms with Crippen molar-refractivity contribution in [2.45, 2.75) is 31.4 Å². The minimum atomic E-state index is 0.216. The molecule has 2 aromatic rings. The van der Waals surface area contributed by atoms with E-state index in [4.69, 9.17) is 9.47 Å². The number of hydrogen-bond donors (Lipinski definition) is 1. The molecule has 1 N–H and O–H groups in total. The first-order chi connectivity index (χ1) is 11.4. The zero-order valence-corrected chi connectivity index (χ0v) is 13.5. The van der Waals surface area contributed by atoms with Crippen molar-refractivity contribution in [1.29, 1.82) is 0 Å². The summed E-state index contributed by atoms with van der Waals surface area (Å²) >= 11 is 0. The van der Waals surface area contributed by atoms with Gasteiger partial charge in [-0.3, -0.25) is 4.68 Å². The SMILES string of the molecule is COc1ccc(C2CCNCC2OCCCn2cncn2)cc1. The fourth-order valence-corrected chi connectivity index (χ4v) is 3.05. The Morgan fingerprint density at radius 3 is 2.91 bits per heavy atom. The third-order valence-electron chi connectivity index (χ3n) is 4.30. The zero-order chi connectivity index (χ0) is 15.9. The number of benzene rings is 1. The van der Waals surface area contributed by atoms with Crippen LogP contribution in [-0.4, -0.2) is 47.7 Å². The standard InChI is InChI=1S/C17H24N4O2/c1-22-15-5-3-14(4-6-15)16-7-8-18-11-17(16)23-10-2-9-21-13-19-12-20-21/h3-6,12-13,16-18H,2,7-11H2,1H3. The Kier molecular flexibility index (Phi) is 5.60. The lowest BCUT2D eigenvalue weighted by Crippen LogP contribution is -2.41. The molecule has 6 heteroatoms. The summed E-state index contributed by atoms with van der Waals surface area (Å²) in [5.41, 5.74) is 1.33. The maximum atomic E-state index is 6.15. The third kappa shape index (κ3) is 4.30. The second-order valence-corrected chi connectivity index (χ2v) is 5.79. The number of ether oxygens (including phenoxy) is 2. The molecule has 0 radical (unpaired) electrons. The first-order valence-corrected chi connectivity index (χ1v) is 8.15. The molecule has 0 spiro atoms. The second-order valence-electron chi connectivity index (χ2n) is 5.79. The van der Waals surface area contributed by atoms with Crippen LogP contribution in [0.1, 0.15) is 24.3 Å². The average Bonchev–Trinajstić information content (AvgIpc) is 3.13. The number of rotatable bonds is 7. The highest BCUT2D eigenvalue weighted by Gasteiger charge is 2.26. The van der Waals surface area contributed by atoms with Gasteiger partial charge in [0.2, 0.25) is 0 Å². The molecule has 2 heterocycles. The quantitative estimate of drug-likeness (QED) is 0.790. The molecule has 2 atom stereocenters. The van der Waals surface area contributed by atoms with Crippen LogP contribution >= 0.6 is 0 Å². The van der Waals surface area contributed by atoms with Crippen molar-refractivity contribution in [3.05, 3.63) is 42.5 Å². The summed E-state index contributed by atoms with van der Waals surface area (Å²) < 4.78 is 13.2. The van der Waals surface area contributed by atoms with Crippen LogP contribution in [0.2, 0.25) is 0 Å². The van der Waals surface area contributed by atoms with Crippen LogP contribution in [0.4, 0.5) is 0 Å². The molecule has 23 heavy (non-hydrogen) atoms. The normalized spacial score (nSPS) is 21.3. The topological polar surface area (TPSA) is 61.2 Å². The van der Waals surface area contributed by atoms with E-state index in [0.29, 0.717) is 5.92 Å². The highest BCUT2D eigenvalue weighted by atomic mass is 16.5. The number of piperidine rings is 1. The molecule has 6 nitrogen and oxygen atoms in total. The van der Waals surface area contributed by atoms with E-state index in [2.05, 4.69) is 27.5 Å². The highest BCUT2D eigenvalue weighted by Crippen LogP contribution is 2.29. The van der Waals surface area contributed by atoms with Crippen molar-refractivity contribution >= 4 is 0 Å². The zero-order valence-electron chi connectivity index (χ0n) is 13.5. The van der Waals surface area contributed by atoms with E-state index >= 15 is 0 Å². The predicted molar refractivity (Wildman–Crippen MR) is 87.6 cm³/mol. The smallest absolute Gasteiger partial charge is 0.137 e. The molecule has 1 aliphatic heterocycles. The van der Waals surface area contributed by atoms with E-state index in [0.717, 1.165) is 44.8 Å². The fraction of sp³-hybridized carbons (Fsp3) is 0.529.